The standard InChI is InChI=1S/C20H28/c1-8-9-19(18(7)14(2)3)13-17(6)20-11-10-15(4)12-16(20)5/h10-13,17H,2,7-9H2,1,3-6H3/b19-13-. The molecule has 0 bridgehead atoms. The maximum Gasteiger partial charge on any atom is -0.000178 e. The number of allylic oxidation sites excluding steroid dienone is 4. The Morgan fingerprint density at radius 3 is 2.40 bits per heavy atom. The lowest BCUT2D eigenvalue weighted by atomic mass is 9.89. The van der Waals surface area contributed by atoms with Gasteiger partial charge in [0.2, 0.25) is 0 Å². The molecule has 0 N–H and O–H groups in total. The summed E-state index contributed by atoms with van der Waals surface area (Å²) in [5, 5.41) is 0. The largest absolute Gasteiger partial charge is 0.0955 e. The molecule has 0 spiro atoms. The lowest BCUT2D eigenvalue weighted by Gasteiger charge is -2.16. The van der Waals surface area contributed by atoms with Crippen molar-refractivity contribution >= 4 is 0 Å². The Balaban J connectivity index is 3.09. The topological polar surface area (TPSA) is 0 Å². The minimum atomic E-state index is 0.410. The Morgan fingerprint density at radius 1 is 1.25 bits per heavy atom. The molecule has 0 saturated heterocycles. The third-order valence-electron chi connectivity index (χ3n) is 3.79. The fraction of sp³-hybridized carbons (Fsp3) is 0.400. The first-order valence-electron chi connectivity index (χ1n) is 7.49. The second-order valence-corrected chi connectivity index (χ2v) is 5.85. The Bertz CT molecular complexity index is 529. The van der Waals surface area contributed by atoms with E-state index in [-0.39, 0.29) is 0 Å². The van der Waals surface area contributed by atoms with E-state index < -0.39 is 0 Å². The Labute approximate surface area is 124 Å². The van der Waals surface area contributed by atoms with Gasteiger partial charge in [-0.2, -0.15) is 0 Å². The molecule has 0 fully saturated rings. The summed E-state index contributed by atoms with van der Waals surface area (Å²) in [6.07, 6.45) is 4.57. The summed E-state index contributed by atoms with van der Waals surface area (Å²) < 4.78 is 0. The summed E-state index contributed by atoms with van der Waals surface area (Å²) in [4.78, 5) is 0. The second-order valence-electron chi connectivity index (χ2n) is 5.85. The van der Waals surface area contributed by atoms with Crippen molar-refractivity contribution < 1.29 is 0 Å². The van der Waals surface area contributed by atoms with Gasteiger partial charge in [-0.25, -0.2) is 0 Å². The van der Waals surface area contributed by atoms with Crippen molar-refractivity contribution in [3.63, 3.8) is 0 Å². The molecule has 0 heteroatoms. The highest BCUT2D eigenvalue weighted by Gasteiger charge is 2.09. The van der Waals surface area contributed by atoms with Gasteiger partial charge in [0, 0.05) is 0 Å². The monoisotopic (exact) mass is 268 g/mol. The molecular formula is C20H28. The molecule has 0 aliphatic rings. The van der Waals surface area contributed by atoms with Crippen LogP contribution in [-0.2, 0) is 0 Å². The normalized spacial score (nSPS) is 13.2. The van der Waals surface area contributed by atoms with Crippen molar-refractivity contribution in [2.24, 2.45) is 0 Å². The summed E-state index contributed by atoms with van der Waals surface area (Å²) in [7, 11) is 0. The van der Waals surface area contributed by atoms with Crippen molar-refractivity contribution in [2.75, 3.05) is 0 Å². The number of hydrogen-bond acceptors (Lipinski definition) is 0. The van der Waals surface area contributed by atoms with Gasteiger partial charge in [-0.15, -0.1) is 0 Å². The second kappa shape index (κ2) is 7.28. The van der Waals surface area contributed by atoms with Crippen LogP contribution in [0.4, 0.5) is 0 Å². The molecule has 20 heavy (non-hydrogen) atoms. The number of rotatable bonds is 6. The van der Waals surface area contributed by atoms with Crippen LogP contribution in [0.25, 0.3) is 0 Å². The van der Waals surface area contributed by atoms with Gasteiger partial charge in [-0.05, 0) is 55.4 Å². The van der Waals surface area contributed by atoms with Crippen molar-refractivity contribution in [3.8, 4) is 0 Å². The van der Waals surface area contributed by atoms with E-state index in [1.807, 2.05) is 6.92 Å². The molecule has 1 aromatic carbocycles. The highest BCUT2D eigenvalue weighted by molar-refractivity contribution is 5.44. The molecule has 108 valence electrons. The molecule has 0 saturated carbocycles. The fourth-order valence-corrected chi connectivity index (χ4v) is 2.61. The maximum absolute atomic E-state index is 4.19. The number of aryl methyl sites for hydroxylation is 2. The first kappa shape index (κ1) is 16.5. The minimum Gasteiger partial charge on any atom is -0.0955 e. The summed E-state index contributed by atoms with van der Waals surface area (Å²) in [6.45, 7) is 19.1. The fourth-order valence-electron chi connectivity index (χ4n) is 2.61. The van der Waals surface area contributed by atoms with E-state index in [0.717, 1.165) is 24.0 Å². The highest BCUT2D eigenvalue weighted by Crippen LogP contribution is 2.28. The molecule has 0 nitrogen and oxygen atoms in total. The van der Waals surface area contributed by atoms with Crippen LogP contribution in [0.1, 0.15) is 56.2 Å². The summed E-state index contributed by atoms with van der Waals surface area (Å²) in [5.74, 6) is 0.410. The molecule has 0 aromatic heterocycles. The molecule has 1 aromatic rings. The molecule has 0 heterocycles. The average Bonchev–Trinajstić information content (AvgIpc) is 2.36. The first-order valence-corrected chi connectivity index (χ1v) is 7.49. The van der Waals surface area contributed by atoms with E-state index in [0.29, 0.717) is 5.92 Å². The predicted octanol–water partition coefficient (Wildman–Crippen LogP) is 6.27. The molecule has 0 aliphatic heterocycles. The molecule has 0 radical (unpaired) electrons. The average molecular weight is 268 g/mol. The molecule has 0 amide bonds. The molecule has 0 aliphatic carbocycles. The van der Waals surface area contributed by atoms with Gasteiger partial charge < -0.3 is 0 Å². The third-order valence-corrected chi connectivity index (χ3v) is 3.79. The van der Waals surface area contributed by atoms with E-state index in [1.165, 1.54) is 22.3 Å². The van der Waals surface area contributed by atoms with E-state index in [9.17, 15) is 0 Å². The SMILES string of the molecule is C=C(C)C(=C)/C(=C\C(C)c1ccc(C)cc1C)CCC. The van der Waals surface area contributed by atoms with Crippen molar-refractivity contribution in [3.05, 3.63) is 70.8 Å². The number of hydrogen-bond donors (Lipinski definition) is 0. The molecule has 1 unspecified atom stereocenters. The van der Waals surface area contributed by atoms with E-state index in [2.05, 4.69) is 65.1 Å². The minimum absolute atomic E-state index is 0.410. The van der Waals surface area contributed by atoms with Gasteiger partial charge in [-0.1, -0.05) is 68.8 Å². The summed E-state index contributed by atoms with van der Waals surface area (Å²) >= 11 is 0. The van der Waals surface area contributed by atoms with Gasteiger partial charge in [0.05, 0.1) is 0 Å². The Kier molecular flexibility index (Phi) is 6.01. The summed E-state index contributed by atoms with van der Waals surface area (Å²) in [5.41, 5.74) is 7.60. The maximum atomic E-state index is 4.19. The zero-order valence-electron chi connectivity index (χ0n) is 13.7. The van der Waals surface area contributed by atoms with Crippen molar-refractivity contribution in [1.29, 1.82) is 0 Å². The molecular weight excluding hydrogens is 240 g/mol. The lowest BCUT2D eigenvalue weighted by Crippen LogP contribution is -1.98. The van der Waals surface area contributed by atoms with Crippen LogP contribution in [0, 0.1) is 13.8 Å². The zero-order valence-corrected chi connectivity index (χ0v) is 13.7. The lowest BCUT2D eigenvalue weighted by molar-refractivity contribution is 0.875. The quantitative estimate of drug-likeness (QED) is 0.534. The highest BCUT2D eigenvalue weighted by atomic mass is 14.1. The number of benzene rings is 1. The van der Waals surface area contributed by atoms with Crippen LogP contribution in [0.2, 0.25) is 0 Å². The van der Waals surface area contributed by atoms with Crippen LogP contribution in [0.3, 0.4) is 0 Å². The van der Waals surface area contributed by atoms with Crippen LogP contribution < -0.4 is 0 Å². The zero-order chi connectivity index (χ0) is 15.3. The van der Waals surface area contributed by atoms with Gasteiger partial charge in [0.25, 0.3) is 0 Å². The predicted molar refractivity (Wildman–Crippen MR) is 91.3 cm³/mol. The smallest absolute Gasteiger partial charge is 0.000178 e. The van der Waals surface area contributed by atoms with E-state index in [4.69, 9.17) is 0 Å². The van der Waals surface area contributed by atoms with Crippen LogP contribution in [0.15, 0.2) is 54.2 Å². The summed E-state index contributed by atoms with van der Waals surface area (Å²) in [6, 6.07) is 6.70. The van der Waals surface area contributed by atoms with Crippen LogP contribution in [0.5, 0.6) is 0 Å². The third kappa shape index (κ3) is 4.23. The Morgan fingerprint density at radius 2 is 1.90 bits per heavy atom. The van der Waals surface area contributed by atoms with Gasteiger partial charge in [-0.3, -0.25) is 0 Å². The molecule has 1 atom stereocenters. The van der Waals surface area contributed by atoms with Gasteiger partial charge in [0.1, 0.15) is 0 Å². The molecule has 1 rings (SSSR count). The van der Waals surface area contributed by atoms with E-state index >= 15 is 0 Å². The van der Waals surface area contributed by atoms with E-state index in [1.54, 1.807) is 0 Å². The van der Waals surface area contributed by atoms with Crippen LogP contribution >= 0.6 is 0 Å². The first-order chi connectivity index (χ1) is 9.36. The van der Waals surface area contributed by atoms with Gasteiger partial charge in [0.15, 0.2) is 0 Å². The van der Waals surface area contributed by atoms with Crippen molar-refractivity contribution in [1.82, 2.24) is 0 Å². The van der Waals surface area contributed by atoms with Gasteiger partial charge >= 0.3 is 0 Å². The van der Waals surface area contributed by atoms with Crippen LogP contribution in [-0.4, -0.2) is 0 Å². The Hall–Kier alpha value is -1.56. The van der Waals surface area contributed by atoms with Crippen molar-refractivity contribution in [2.45, 2.75) is 53.4 Å².